The zero-order valence-electron chi connectivity index (χ0n) is 12.3. The van der Waals surface area contributed by atoms with Crippen LogP contribution in [-0.4, -0.2) is 34.2 Å². The summed E-state index contributed by atoms with van der Waals surface area (Å²) in [5, 5.41) is 9.71. The van der Waals surface area contributed by atoms with Crippen LogP contribution >= 0.6 is 0 Å². The predicted octanol–water partition coefficient (Wildman–Crippen LogP) is 3.44. The molecule has 0 aliphatic heterocycles. The number of aliphatic hydroxyl groups is 1. The molecule has 1 unspecified atom stereocenters. The van der Waals surface area contributed by atoms with E-state index < -0.39 is 0 Å². The highest BCUT2D eigenvalue weighted by atomic mass is 16.3. The van der Waals surface area contributed by atoms with Gasteiger partial charge in [0.1, 0.15) is 0 Å². The van der Waals surface area contributed by atoms with E-state index in [9.17, 15) is 5.11 Å². The molecular weight excluding hydrogens is 198 g/mol. The minimum Gasteiger partial charge on any atom is -0.393 e. The molecule has 16 heavy (non-hydrogen) atoms. The van der Waals surface area contributed by atoms with Gasteiger partial charge in [0.2, 0.25) is 0 Å². The van der Waals surface area contributed by atoms with Crippen LogP contribution in [0.3, 0.4) is 0 Å². The van der Waals surface area contributed by atoms with Crippen LogP contribution in [0.15, 0.2) is 0 Å². The molecule has 0 amide bonds. The maximum Gasteiger partial charge on any atom is 0.0529 e. The van der Waals surface area contributed by atoms with E-state index in [4.69, 9.17) is 0 Å². The SMILES string of the molecule is CCC(C)(C)N(C)C(CC)(CC)CC(C)O. The van der Waals surface area contributed by atoms with E-state index in [0.717, 1.165) is 25.7 Å². The third-order valence-corrected chi connectivity index (χ3v) is 4.48. The molecule has 0 spiro atoms. The fourth-order valence-electron chi connectivity index (χ4n) is 2.58. The Morgan fingerprint density at radius 2 is 1.50 bits per heavy atom. The molecule has 98 valence electrons. The Kier molecular flexibility index (Phi) is 5.99. The Morgan fingerprint density at radius 1 is 1.06 bits per heavy atom. The predicted molar refractivity (Wildman–Crippen MR) is 71.7 cm³/mol. The van der Waals surface area contributed by atoms with Crippen LogP contribution in [0.1, 0.15) is 67.2 Å². The fourth-order valence-corrected chi connectivity index (χ4v) is 2.58. The van der Waals surface area contributed by atoms with Crippen LogP contribution in [0.2, 0.25) is 0 Å². The van der Waals surface area contributed by atoms with E-state index in [1.54, 1.807) is 0 Å². The number of hydrogen-bond donors (Lipinski definition) is 1. The lowest BCUT2D eigenvalue weighted by Crippen LogP contribution is -2.56. The van der Waals surface area contributed by atoms with Crippen molar-refractivity contribution in [3.05, 3.63) is 0 Å². The lowest BCUT2D eigenvalue weighted by molar-refractivity contribution is -0.0182. The first kappa shape index (κ1) is 15.9. The van der Waals surface area contributed by atoms with Gasteiger partial charge in [-0.2, -0.15) is 0 Å². The maximum atomic E-state index is 9.71. The van der Waals surface area contributed by atoms with Crippen molar-refractivity contribution in [3.63, 3.8) is 0 Å². The molecule has 0 aromatic heterocycles. The number of aliphatic hydroxyl groups excluding tert-OH is 1. The van der Waals surface area contributed by atoms with Crippen LogP contribution in [0, 0.1) is 0 Å². The summed E-state index contributed by atoms with van der Waals surface area (Å²) in [5.41, 5.74) is 0.328. The molecule has 1 N–H and O–H groups in total. The Bertz CT molecular complexity index is 195. The van der Waals surface area contributed by atoms with Crippen LogP contribution in [-0.2, 0) is 0 Å². The van der Waals surface area contributed by atoms with Gasteiger partial charge in [0.05, 0.1) is 6.10 Å². The summed E-state index contributed by atoms with van der Waals surface area (Å²) < 4.78 is 0. The molecule has 0 saturated heterocycles. The number of rotatable bonds is 7. The Morgan fingerprint density at radius 3 is 1.75 bits per heavy atom. The molecule has 0 radical (unpaired) electrons. The van der Waals surface area contributed by atoms with Gasteiger partial charge in [-0.05, 0) is 53.5 Å². The lowest BCUT2D eigenvalue weighted by atomic mass is 9.81. The molecule has 0 rings (SSSR count). The highest BCUT2D eigenvalue weighted by Gasteiger charge is 2.38. The molecular formula is C14H31NO. The van der Waals surface area contributed by atoms with E-state index in [0.29, 0.717) is 0 Å². The first-order valence-electron chi connectivity index (χ1n) is 6.67. The second-order valence-corrected chi connectivity index (χ2v) is 5.71. The van der Waals surface area contributed by atoms with Crippen molar-refractivity contribution in [2.24, 2.45) is 0 Å². The molecule has 0 aliphatic carbocycles. The van der Waals surface area contributed by atoms with Crippen molar-refractivity contribution in [1.29, 1.82) is 0 Å². The quantitative estimate of drug-likeness (QED) is 0.723. The summed E-state index contributed by atoms with van der Waals surface area (Å²) in [4.78, 5) is 2.48. The average molecular weight is 229 g/mol. The van der Waals surface area contributed by atoms with E-state index >= 15 is 0 Å². The number of nitrogens with zero attached hydrogens (tertiary/aromatic N) is 1. The van der Waals surface area contributed by atoms with E-state index in [2.05, 4.69) is 46.6 Å². The molecule has 0 aliphatic rings. The van der Waals surface area contributed by atoms with Gasteiger partial charge in [-0.1, -0.05) is 20.8 Å². The molecule has 0 bridgehead atoms. The van der Waals surface area contributed by atoms with Gasteiger partial charge in [-0.15, -0.1) is 0 Å². The molecule has 0 heterocycles. The zero-order chi connectivity index (χ0) is 13.0. The summed E-state index contributed by atoms with van der Waals surface area (Å²) in [7, 11) is 2.21. The van der Waals surface area contributed by atoms with Crippen molar-refractivity contribution in [2.75, 3.05) is 7.05 Å². The highest BCUT2D eigenvalue weighted by Crippen LogP contribution is 2.34. The van der Waals surface area contributed by atoms with Gasteiger partial charge in [0.25, 0.3) is 0 Å². The van der Waals surface area contributed by atoms with Crippen molar-refractivity contribution in [2.45, 2.75) is 84.4 Å². The van der Waals surface area contributed by atoms with E-state index in [-0.39, 0.29) is 17.2 Å². The van der Waals surface area contributed by atoms with E-state index in [1.807, 2.05) is 6.92 Å². The average Bonchev–Trinajstić information content (AvgIpc) is 2.24. The Hall–Kier alpha value is -0.0800. The van der Waals surface area contributed by atoms with Crippen molar-refractivity contribution in [3.8, 4) is 0 Å². The number of hydrogen-bond acceptors (Lipinski definition) is 2. The van der Waals surface area contributed by atoms with Gasteiger partial charge >= 0.3 is 0 Å². The minimum absolute atomic E-state index is 0.133. The van der Waals surface area contributed by atoms with Gasteiger partial charge in [-0.25, -0.2) is 0 Å². The second-order valence-electron chi connectivity index (χ2n) is 5.71. The second kappa shape index (κ2) is 6.02. The molecule has 1 atom stereocenters. The molecule has 0 saturated carbocycles. The smallest absolute Gasteiger partial charge is 0.0529 e. The monoisotopic (exact) mass is 229 g/mol. The molecule has 0 fully saturated rings. The van der Waals surface area contributed by atoms with Gasteiger partial charge < -0.3 is 5.11 Å². The molecule has 0 aromatic rings. The maximum absolute atomic E-state index is 9.71. The van der Waals surface area contributed by atoms with Gasteiger partial charge in [0.15, 0.2) is 0 Å². The summed E-state index contributed by atoms with van der Waals surface area (Å²) in [5.74, 6) is 0. The third kappa shape index (κ3) is 3.46. The van der Waals surface area contributed by atoms with Crippen molar-refractivity contribution >= 4 is 0 Å². The van der Waals surface area contributed by atoms with Crippen LogP contribution < -0.4 is 0 Å². The Balaban J connectivity index is 5.02. The van der Waals surface area contributed by atoms with Crippen molar-refractivity contribution < 1.29 is 5.11 Å². The Labute approximate surface area is 102 Å². The third-order valence-electron chi connectivity index (χ3n) is 4.48. The van der Waals surface area contributed by atoms with Gasteiger partial charge in [-0.3, -0.25) is 4.90 Å². The normalized spacial score (nSPS) is 15.6. The standard InChI is InChI=1S/C14H31NO/c1-8-13(5,6)15(7)14(9-2,10-3)11-12(4)16/h12,16H,8-11H2,1-7H3. The van der Waals surface area contributed by atoms with Crippen LogP contribution in [0.4, 0.5) is 0 Å². The fraction of sp³-hybridized carbons (Fsp3) is 1.00. The lowest BCUT2D eigenvalue weighted by Gasteiger charge is -2.50. The summed E-state index contributed by atoms with van der Waals surface area (Å²) >= 11 is 0. The topological polar surface area (TPSA) is 23.5 Å². The molecule has 0 aromatic carbocycles. The zero-order valence-corrected chi connectivity index (χ0v) is 12.3. The van der Waals surface area contributed by atoms with E-state index in [1.165, 1.54) is 0 Å². The summed E-state index contributed by atoms with van der Waals surface area (Å²) in [6.45, 7) is 13.2. The van der Waals surface area contributed by atoms with Crippen molar-refractivity contribution in [1.82, 2.24) is 4.90 Å². The summed E-state index contributed by atoms with van der Waals surface area (Å²) in [6.07, 6.45) is 3.95. The highest BCUT2D eigenvalue weighted by molar-refractivity contribution is 4.95. The molecule has 2 heteroatoms. The molecule has 2 nitrogen and oxygen atoms in total. The largest absolute Gasteiger partial charge is 0.393 e. The van der Waals surface area contributed by atoms with Crippen LogP contribution in [0.5, 0.6) is 0 Å². The summed E-state index contributed by atoms with van der Waals surface area (Å²) in [6, 6.07) is 0. The van der Waals surface area contributed by atoms with Crippen LogP contribution in [0.25, 0.3) is 0 Å². The first-order valence-corrected chi connectivity index (χ1v) is 6.67. The first-order chi connectivity index (χ1) is 7.25. The minimum atomic E-state index is -0.227. The van der Waals surface area contributed by atoms with Gasteiger partial charge in [0, 0.05) is 11.1 Å².